The van der Waals surface area contributed by atoms with Crippen molar-refractivity contribution in [1.29, 1.82) is 0 Å². The van der Waals surface area contributed by atoms with Gasteiger partial charge >= 0.3 is 53.7 Å². The fraction of sp³-hybridized carbons (Fsp3) is 0.500. The molecule has 0 spiro atoms. The number of hydrogen-bond acceptors (Lipinski definition) is 0. The van der Waals surface area contributed by atoms with Crippen molar-refractivity contribution in [3.05, 3.63) is 0 Å². The summed E-state index contributed by atoms with van der Waals surface area (Å²) in [7, 11) is 7.29. The fourth-order valence-electron chi connectivity index (χ4n) is 0.318. The molecule has 0 aromatic rings. The Bertz CT molecular complexity index is 101. The Hall–Kier alpha value is -0.000260. The second-order valence-electron chi connectivity index (χ2n) is 1.63. The van der Waals surface area contributed by atoms with E-state index in [1.165, 1.54) is 0 Å². The molecule has 0 amide bonds. The minimum atomic E-state index is 0.836. The standard InChI is InChI=1S/C4H7B4/c1-4(5)8-7-3-6-2/h3H,1-2H3. The van der Waals surface area contributed by atoms with Crippen molar-refractivity contribution in [3.8, 4) is 0 Å². The fourth-order valence-corrected chi connectivity index (χ4v) is 0.318. The van der Waals surface area contributed by atoms with Crippen LogP contribution in [0.4, 0.5) is 0 Å². The van der Waals surface area contributed by atoms with Crippen LogP contribution < -0.4 is 0 Å². The Morgan fingerprint density at radius 3 is 2.62 bits per heavy atom. The average molecular weight is 98.3 g/mol. The zero-order chi connectivity index (χ0) is 6.41. The number of rotatable bonds is 2. The molecular weight excluding hydrogens is 91.3 g/mol. The first-order valence-corrected chi connectivity index (χ1v) is 2.65. The summed E-state index contributed by atoms with van der Waals surface area (Å²) in [5, 5.41) is 0.836. The molecule has 0 aromatic heterocycles. The maximum atomic E-state index is 5.33. The molecule has 0 aliphatic carbocycles. The Labute approximate surface area is 54.5 Å². The average Bonchev–Trinajstić information content (AvgIpc) is 1.66. The summed E-state index contributed by atoms with van der Waals surface area (Å²) < 4.78 is 0. The summed E-state index contributed by atoms with van der Waals surface area (Å²) in [6.45, 7) is 7.60. The quantitative estimate of drug-likeness (QED) is 0.394. The molecular formula is C4H7B4. The van der Waals surface area contributed by atoms with Crippen molar-refractivity contribution in [2.75, 3.05) is 0 Å². The van der Waals surface area contributed by atoms with E-state index in [9.17, 15) is 0 Å². The van der Waals surface area contributed by atoms with Crippen LogP contribution >= 0.6 is 0 Å². The minimum absolute atomic E-state index is 0.836. The van der Waals surface area contributed by atoms with Gasteiger partial charge in [-0.1, -0.05) is 0 Å². The molecule has 0 atom stereocenters. The van der Waals surface area contributed by atoms with Crippen LogP contribution in [0.3, 0.4) is 0 Å². The van der Waals surface area contributed by atoms with Crippen LogP contribution in [0.5, 0.6) is 0 Å². The van der Waals surface area contributed by atoms with Crippen LogP contribution in [0.15, 0.2) is 0 Å². The van der Waals surface area contributed by atoms with Gasteiger partial charge in [0.15, 0.2) is 0 Å². The Balaban J connectivity index is 3.42. The summed E-state index contributed by atoms with van der Waals surface area (Å²) in [4.78, 5) is 0. The predicted octanol–water partition coefficient (Wildman–Crippen LogP) is -0.860. The molecule has 4 heteroatoms. The van der Waals surface area contributed by atoms with Gasteiger partial charge in [-0.25, -0.2) is 0 Å². The molecule has 0 saturated heterocycles. The van der Waals surface area contributed by atoms with Gasteiger partial charge in [0.1, 0.15) is 0 Å². The van der Waals surface area contributed by atoms with Crippen molar-refractivity contribution in [1.82, 2.24) is 0 Å². The summed E-state index contributed by atoms with van der Waals surface area (Å²) in [5.41, 5.74) is 0. The van der Waals surface area contributed by atoms with Gasteiger partial charge in [-0.15, -0.1) is 0 Å². The zero-order valence-electron chi connectivity index (χ0n) is 5.39. The van der Waals surface area contributed by atoms with Gasteiger partial charge in [-0.3, -0.25) is 0 Å². The van der Waals surface area contributed by atoms with Crippen molar-refractivity contribution < 1.29 is 0 Å². The summed E-state index contributed by atoms with van der Waals surface area (Å²) >= 11 is 0. The third kappa shape index (κ3) is 6.00. The summed E-state index contributed by atoms with van der Waals surface area (Å²) in [6, 6.07) is 0. The molecule has 0 rings (SSSR count). The molecule has 0 aliphatic heterocycles. The molecule has 0 unspecified atom stereocenters. The van der Waals surface area contributed by atoms with Crippen LogP contribution in [-0.2, 0) is 0 Å². The molecule has 3 radical (unpaired) electrons. The van der Waals surface area contributed by atoms with E-state index in [-0.39, 0.29) is 0 Å². The number of hydrogen-bond donors (Lipinski definition) is 0. The SMILES string of the molecule is [B]C(C)=BB=C[B]C. The van der Waals surface area contributed by atoms with Crippen LogP contribution in [0.2, 0.25) is 6.82 Å². The second kappa shape index (κ2) is 5.14. The van der Waals surface area contributed by atoms with Crippen molar-refractivity contribution in [3.63, 3.8) is 0 Å². The van der Waals surface area contributed by atoms with E-state index in [1.807, 2.05) is 40.5 Å². The molecule has 0 saturated carbocycles. The molecule has 0 fully saturated rings. The monoisotopic (exact) mass is 99.1 g/mol. The maximum absolute atomic E-state index is 5.33. The molecule has 0 bridgehead atoms. The van der Waals surface area contributed by atoms with Crippen LogP contribution in [-0.4, -0.2) is 40.0 Å². The molecule has 35 valence electrons. The van der Waals surface area contributed by atoms with E-state index >= 15 is 0 Å². The molecule has 0 heterocycles. The topological polar surface area (TPSA) is 0 Å². The Morgan fingerprint density at radius 2 is 2.25 bits per heavy atom. The van der Waals surface area contributed by atoms with Gasteiger partial charge in [0.25, 0.3) is 0 Å². The normalized spacial score (nSPS) is 10.5. The van der Waals surface area contributed by atoms with E-state index in [2.05, 4.69) is 0 Å². The van der Waals surface area contributed by atoms with Gasteiger partial charge in [0, 0.05) is 0 Å². The van der Waals surface area contributed by atoms with Gasteiger partial charge < -0.3 is 0 Å². The van der Waals surface area contributed by atoms with Crippen LogP contribution in [0, 0.1) is 0 Å². The third-order valence-corrected chi connectivity index (χ3v) is 0.663. The van der Waals surface area contributed by atoms with E-state index in [1.54, 1.807) is 0 Å². The van der Waals surface area contributed by atoms with Gasteiger partial charge in [-0.05, 0) is 0 Å². The van der Waals surface area contributed by atoms with E-state index in [4.69, 9.17) is 7.85 Å². The van der Waals surface area contributed by atoms with Gasteiger partial charge in [0.2, 0.25) is 0 Å². The van der Waals surface area contributed by atoms with Crippen molar-refractivity contribution in [2.45, 2.75) is 13.7 Å². The van der Waals surface area contributed by atoms with E-state index < -0.39 is 0 Å². The molecule has 0 nitrogen and oxygen atoms in total. The van der Waals surface area contributed by atoms with Crippen molar-refractivity contribution >= 4 is 40.0 Å². The summed E-state index contributed by atoms with van der Waals surface area (Å²) in [5.74, 6) is 1.94. The molecule has 0 N–H and O–H groups in total. The van der Waals surface area contributed by atoms with E-state index in [0.29, 0.717) is 0 Å². The van der Waals surface area contributed by atoms with Crippen LogP contribution in [0.1, 0.15) is 6.92 Å². The third-order valence-electron chi connectivity index (χ3n) is 0.663. The summed E-state index contributed by atoms with van der Waals surface area (Å²) in [6.07, 6.45) is 0. The van der Waals surface area contributed by atoms with Crippen molar-refractivity contribution in [2.24, 2.45) is 0 Å². The van der Waals surface area contributed by atoms with E-state index in [0.717, 1.165) is 5.36 Å². The van der Waals surface area contributed by atoms with Gasteiger partial charge in [0.05, 0.1) is 0 Å². The molecule has 8 heavy (non-hydrogen) atoms. The Morgan fingerprint density at radius 1 is 1.62 bits per heavy atom. The first kappa shape index (κ1) is 8.00. The zero-order valence-corrected chi connectivity index (χ0v) is 5.39. The first-order chi connectivity index (χ1) is 3.77. The first-order valence-electron chi connectivity index (χ1n) is 2.65. The molecule has 0 aliphatic rings. The second-order valence-corrected chi connectivity index (χ2v) is 1.63. The Kier molecular flexibility index (Phi) is 5.14. The van der Waals surface area contributed by atoms with Gasteiger partial charge in [-0.2, -0.15) is 0 Å². The predicted molar refractivity (Wildman–Crippen MR) is 45.6 cm³/mol. The van der Waals surface area contributed by atoms with Crippen LogP contribution in [0.25, 0.3) is 0 Å². The molecule has 0 aromatic carbocycles.